The Labute approximate surface area is 236 Å². The molecule has 2 amide bonds. The number of benzene rings is 2. The number of carbonyl (C=O) groups excluding carboxylic acids is 2. The van der Waals surface area contributed by atoms with E-state index < -0.39 is 29.7 Å². The number of alkyl halides is 4. The second-order valence-electron chi connectivity index (χ2n) is 9.11. The van der Waals surface area contributed by atoms with Crippen molar-refractivity contribution in [2.75, 3.05) is 5.32 Å². The maximum absolute atomic E-state index is 14.6. The van der Waals surface area contributed by atoms with Gasteiger partial charge in [0.1, 0.15) is 11.9 Å². The van der Waals surface area contributed by atoms with E-state index in [1.54, 1.807) is 0 Å². The van der Waals surface area contributed by atoms with Crippen molar-refractivity contribution in [1.29, 1.82) is 0 Å². The summed E-state index contributed by atoms with van der Waals surface area (Å²) in [6, 6.07) is 15.4. The summed E-state index contributed by atoms with van der Waals surface area (Å²) in [5.74, 6) is -1.40. The highest BCUT2D eigenvalue weighted by Gasteiger charge is 2.31. The molecule has 0 aliphatic rings. The van der Waals surface area contributed by atoms with Gasteiger partial charge in [0.05, 0.1) is 31.0 Å². The smallest absolute Gasteiger partial charge is 0.406 e. The van der Waals surface area contributed by atoms with Crippen LogP contribution in [-0.4, -0.2) is 49.1 Å². The van der Waals surface area contributed by atoms with Gasteiger partial charge >= 0.3 is 6.36 Å². The van der Waals surface area contributed by atoms with Crippen molar-refractivity contribution in [1.82, 2.24) is 30.1 Å². The summed E-state index contributed by atoms with van der Waals surface area (Å²) >= 11 is 0. The van der Waals surface area contributed by atoms with Gasteiger partial charge in [-0.15, -0.1) is 18.3 Å². The highest BCUT2D eigenvalue weighted by Crippen LogP contribution is 2.23. The molecule has 0 aliphatic heterocycles. The van der Waals surface area contributed by atoms with Gasteiger partial charge in [0.15, 0.2) is 5.69 Å². The molecule has 0 spiro atoms. The van der Waals surface area contributed by atoms with Gasteiger partial charge in [-0.25, -0.2) is 13.8 Å². The number of amides is 2. The van der Waals surface area contributed by atoms with Crippen LogP contribution in [0.25, 0.3) is 0 Å². The number of anilines is 1. The average Bonchev–Trinajstić information content (AvgIpc) is 3.39. The number of halogens is 4. The number of nitrogens with zero attached hydrogens (tertiary/aromatic N) is 5. The molecule has 0 saturated heterocycles. The summed E-state index contributed by atoms with van der Waals surface area (Å²) in [6.45, 7) is -0.402. The SMILES string of the molecule is O=C(Cc1ccccc1)Nc1cnn(CCC(F)Cn2cc(C(=O)NCc3cccc(OC(F)(F)F)c3)nn2)c(=O)c1. The molecule has 0 bridgehead atoms. The number of carbonyl (C=O) groups is 2. The molecule has 2 aromatic heterocycles. The fraction of sp³-hybridized carbons (Fsp3) is 0.259. The van der Waals surface area contributed by atoms with Crippen LogP contribution in [0.15, 0.2) is 77.9 Å². The molecule has 2 aromatic carbocycles. The molecule has 2 heterocycles. The van der Waals surface area contributed by atoms with Crippen molar-refractivity contribution < 1.29 is 31.9 Å². The van der Waals surface area contributed by atoms with Crippen LogP contribution in [0.4, 0.5) is 23.2 Å². The second-order valence-corrected chi connectivity index (χ2v) is 9.11. The van der Waals surface area contributed by atoms with Gasteiger partial charge in [-0.05, 0) is 23.3 Å². The molecule has 42 heavy (non-hydrogen) atoms. The number of nitrogens with one attached hydrogen (secondary N) is 2. The first-order valence-corrected chi connectivity index (χ1v) is 12.6. The van der Waals surface area contributed by atoms with Crippen LogP contribution < -0.4 is 20.9 Å². The summed E-state index contributed by atoms with van der Waals surface area (Å²) in [4.78, 5) is 36.9. The first kappa shape index (κ1) is 29.9. The van der Waals surface area contributed by atoms with Crippen LogP contribution in [0.3, 0.4) is 0 Å². The zero-order chi connectivity index (χ0) is 30.1. The van der Waals surface area contributed by atoms with E-state index in [0.29, 0.717) is 5.56 Å². The van der Waals surface area contributed by atoms with Gasteiger partial charge in [0, 0.05) is 25.6 Å². The van der Waals surface area contributed by atoms with Gasteiger partial charge in [-0.3, -0.25) is 14.4 Å². The normalized spacial score (nSPS) is 12.0. The summed E-state index contributed by atoms with van der Waals surface area (Å²) < 4.78 is 57.8. The third kappa shape index (κ3) is 9.25. The van der Waals surface area contributed by atoms with Gasteiger partial charge in [0.2, 0.25) is 5.91 Å². The molecule has 11 nitrogen and oxygen atoms in total. The summed E-state index contributed by atoms with van der Waals surface area (Å²) in [5, 5.41) is 16.5. The molecule has 0 radical (unpaired) electrons. The number of hydrogen-bond donors (Lipinski definition) is 2. The molecular weight excluding hydrogens is 562 g/mol. The Morgan fingerprint density at radius 1 is 1.02 bits per heavy atom. The van der Waals surface area contributed by atoms with Crippen LogP contribution in [0.5, 0.6) is 5.75 Å². The summed E-state index contributed by atoms with van der Waals surface area (Å²) in [6.07, 6.45) is -3.73. The van der Waals surface area contributed by atoms with Crippen LogP contribution in [-0.2, 0) is 30.8 Å². The maximum Gasteiger partial charge on any atom is 0.573 e. The van der Waals surface area contributed by atoms with Crippen molar-refractivity contribution in [3.8, 4) is 5.75 Å². The number of aromatic nitrogens is 5. The number of aryl methyl sites for hydroxylation is 1. The van der Waals surface area contributed by atoms with Crippen LogP contribution >= 0.6 is 0 Å². The van der Waals surface area contributed by atoms with Crippen LogP contribution in [0.2, 0.25) is 0 Å². The van der Waals surface area contributed by atoms with E-state index >= 15 is 0 Å². The molecule has 1 unspecified atom stereocenters. The monoisotopic (exact) mass is 587 g/mol. The molecule has 4 rings (SSSR count). The summed E-state index contributed by atoms with van der Waals surface area (Å²) in [5.41, 5.74) is 0.759. The Hall–Kier alpha value is -5.08. The fourth-order valence-electron chi connectivity index (χ4n) is 3.83. The fourth-order valence-corrected chi connectivity index (χ4v) is 3.83. The number of rotatable bonds is 12. The zero-order valence-corrected chi connectivity index (χ0v) is 21.9. The molecule has 2 N–H and O–H groups in total. The molecule has 15 heteroatoms. The standard InChI is InChI=1S/C27H25F4N7O4/c28-20(9-10-38-25(40)13-21(15-33-38)34-24(39)12-18-5-2-1-3-6-18)16-37-17-23(35-36-37)26(41)32-14-19-7-4-8-22(11-19)42-27(29,30)31/h1-8,11,13,15,17,20H,9-10,12,14,16H2,(H,32,41)(H,34,39). The first-order valence-electron chi connectivity index (χ1n) is 12.6. The average molecular weight is 588 g/mol. The Morgan fingerprint density at radius 3 is 2.52 bits per heavy atom. The van der Waals surface area contributed by atoms with E-state index in [1.807, 2.05) is 30.3 Å². The zero-order valence-electron chi connectivity index (χ0n) is 21.9. The lowest BCUT2D eigenvalue weighted by atomic mass is 10.1. The summed E-state index contributed by atoms with van der Waals surface area (Å²) in [7, 11) is 0. The van der Waals surface area contributed by atoms with E-state index in [0.717, 1.165) is 27.1 Å². The molecule has 0 aliphatic carbocycles. The van der Waals surface area contributed by atoms with E-state index in [9.17, 15) is 31.9 Å². The lowest BCUT2D eigenvalue weighted by Gasteiger charge is -2.10. The van der Waals surface area contributed by atoms with E-state index in [1.165, 1.54) is 30.6 Å². The van der Waals surface area contributed by atoms with Crippen molar-refractivity contribution >= 4 is 17.5 Å². The largest absolute Gasteiger partial charge is 0.573 e. The Morgan fingerprint density at radius 2 is 1.79 bits per heavy atom. The number of hydrogen-bond acceptors (Lipinski definition) is 7. The third-order valence-corrected chi connectivity index (χ3v) is 5.76. The van der Waals surface area contributed by atoms with Crippen molar-refractivity contribution in [2.45, 2.75) is 45.0 Å². The Bertz CT molecular complexity index is 1570. The van der Waals surface area contributed by atoms with Crippen molar-refractivity contribution in [3.05, 3.63) is 100 Å². The quantitative estimate of drug-likeness (QED) is 0.243. The minimum absolute atomic E-state index is 0.0442. The first-order chi connectivity index (χ1) is 20.0. The van der Waals surface area contributed by atoms with Crippen molar-refractivity contribution in [2.24, 2.45) is 0 Å². The van der Waals surface area contributed by atoms with Crippen LogP contribution in [0, 0.1) is 0 Å². The van der Waals surface area contributed by atoms with Crippen molar-refractivity contribution in [3.63, 3.8) is 0 Å². The van der Waals surface area contributed by atoms with E-state index in [4.69, 9.17) is 0 Å². The Balaban J connectivity index is 1.22. The van der Waals surface area contributed by atoms with Gasteiger partial charge in [0.25, 0.3) is 11.5 Å². The van der Waals surface area contributed by atoms with Gasteiger partial charge in [-0.2, -0.15) is 5.10 Å². The minimum atomic E-state index is -4.84. The van der Waals surface area contributed by atoms with E-state index in [2.05, 4.69) is 30.8 Å². The lowest BCUT2D eigenvalue weighted by molar-refractivity contribution is -0.274. The highest BCUT2D eigenvalue weighted by molar-refractivity contribution is 5.92. The topological polar surface area (TPSA) is 133 Å². The minimum Gasteiger partial charge on any atom is -0.406 e. The molecule has 0 saturated carbocycles. The third-order valence-electron chi connectivity index (χ3n) is 5.76. The van der Waals surface area contributed by atoms with Gasteiger partial charge in [-0.1, -0.05) is 47.7 Å². The molecule has 4 aromatic rings. The second kappa shape index (κ2) is 13.5. The maximum atomic E-state index is 14.6. The molecule has 1 atom stereocenters. The highest BCUT2D eigenvalue weighted by atomic mass is 19.4. The lowest BCUT2D eigenvalue weighted by Crippen LogP contribution is -2.26. The number of ether oxygens (including phenoxy) is 1. The predicted molar refractivity (Wildman–Crippen MR) is 141 cm³/mol. The molecule has 220 valence electrons. The molecule has 0 fully saturated rings. The Kier molecular flexibility index (Phi) is 9.62. The molecular formula is C27H25F4N7O4. The van der Waals surface area contributed by atoms with E-state index in [-0.39, 0.29) is 49.8 Å². The van der Waals surface area contributed by atoms with Crippen LogP contribution in [0.1, 0.15) is 28.0 Å². The van der Waals surface area contributed by atoms with Gasteiger partial charge < -0.3 is 15.4 Å². The predicted octanol–water partition coefficient (Wildman–Crippen LogP) is 3.27.